The van der Waals surface area contributed by atoms with E-state index in [4.69, 9.17) is 9.84 Å². The number of carboxylic acids is 1. The Labute approximate surface area is 198 Å². The van der Waals surface area contributed by atoms with Crippen LogP contribution in [0.25, 0.3) is 11.1 Å². The molecule has 0 radical (unpaired) electrons. The minimum atomic E-state index is -3.74. The number of aliphatic carboxylic acids is 1. The van der Waals surface area contributed by atoms with Gasteiger partial charge in [0.05, 0.1) is 4.90 Å². The van der Waals surface area contributed by atoms with Crippen molar-refractivity contribution in [1.82, 2.24) is 4.72 Å². The fourth-order valence-corrected chi connectivity index (χ4v) is 5.81. The van der Waals surface area contributed by atoms with Crippen molar-refractivity contribution in [1.29, 1.82) is 0 Å². The van der Waals surface area contributed by atoms with Crippen LogP contribution in [0.2, 0.25) is 0 Å². The summed E-state index contributed by atoms with van der Waals surface area (Å²) in [4.78, 5) is 12.2. The van der Waals surface area contributed by atoms with Crippen LogP contribution in [0.1, 0.15) is 30.0 Å². The first-order chi connectivity index (χ1) is 15.9. The zero-order chi connectivity index (χ0) is 23.4. The number of hydrogen-bond acceptors (Lipinski definition) is 5. The highest BCUT2D eigenvalue weighted by atomic mass is 32.2. The van der Waals surface area contributed by atoms with E-state index in [0.717, 1.165) is 33.6 Å². The highest BCUT2D eigenvalue weighted by Crippen LogP contribution is 2.36. The summed E-state index contributed by atoms with van der Waals surface area (Å²) in [5, 5.41) is 8.91. The molecule has 0 bridgehead atoms. The van der Waals surface area contributed by atoms with Crippen molar-refractivity contribution in [2.75, 3.05) is 12.9 Å². The Hall–Kier alpha value is -2.81. The third-order valence-electron chi connectivity index (χ3n) is 5.68. The Morgan fingerprint density at radius 3 is 2.58 bits per heavy atom. The molecular formula is C25H25NO5S2. The Kier molecular flexibility index (Phi) is 7.07. The average Bonchev–Trinajstić information content (AvgIpc) is 2.83. The van der Waals surface area contributed by atoms with Gasteiger partial charge in [-0.3, -0.25) is 0 Å². The third kappa shape index (κ3) is 5.40. The van der Waals surface area contributed by atoms with Gasteiger partial charge < -0.3 is 9.84 Å². The molecule has 0 heterocycles. The molecular weight excluding hydrogens is 458 g/mol. The van der Waals surface area contributed by atoms with E-state index in [9.17, 15) is 13.2 Å². The van der Waals surface area contributed by atoms with Gasteiger partial charge in [-0.25, -0.2) is 17.9 Å². The Morgan fingerprint density at radius 1 is 1.09 bits per heavy atom. The van der Waals surface area contributed by atoms with Crippen molar-refractivity contribution in [2.24, 2.45) is 0 Å². The van der Waals surface area contributed by atoms with E-state index in [0.29, 0.717) is 18.6 Å². The van der Waals surface area contributed by atoms with Gasteiger partial charge in [-0.05, 0) is 78.1 Å². The molecule has 0 saturated heterocycles. The second-order valence-electron chi connectivity index (χ2n) is 7.83. The van der Waals surface area contributed by atoms with Gasteiger partial charge in [-0.2, -0.15) is 0 Å². The predicted molar refractivity (Wildman–Crippen MR) is 129 cm³/mol. The number of carbonyl (C=O) groups is 1. The number of nitrogens with one attached hydrogen (secondary N) is 1. The Bertz CT molecular complexity index is 1260. The second-order valence-corrected chi connectivity index (χ2v) is 10.4. The zero-order valence-corrected chi connectivity index (χ0v) is 19.8. The fourth-order valence-electron chi connectivity index (χ4n) is 4.10. The van der Waals surface area contributed by atoms with Gasteiger partial charge in [0.25, 0.3) is 0 Å². The van der Waals surface area contributed by atoms with E-state index in [1.807, 2.05) is 42.7 Å². The van der Waals surface area contributed by atoms with Crippen LogP contribution in [0.5, 0.6) is 5.75 Å². The summed E-state index contributed by atoms with van der Waals surface area (Å²) in [5.41, 5.74) is 3.68. The van der Waals surface area contributed by atoms with Crippen LogP contribution in [-0.2, 0) is 21.2 Å². The van der Waals surface area contributed by atoms with Crippen molar-refractivity contribution >= 4 is 27.8 Å². The van der Waals surface area contributed by atoms with Crippen LogP contribution in [0.3, 0.4) is 0 Å². The lowest BCUT2D eigenvalue weighted by Gasteiger charge is -2.27. The lowest BCUT2D eigenvalue weighted by molar-refractivity contribution is -0.139. The molecule has 1 aliphatic rings. The minimum absolute atomic E-state index is 0.206. The van der Waals surface area contributed by atoms with Crippen LogP contribution in [0, 0.1) is 0 Å². The molecule has 1 atom stereocenters. The van der Waals surface area contributed by atoms with Crippen LogP contribution in [-0.4, -0.2) is 32.4 Å². The number of rotatable bonds is 8. The van der Waals surface area contributed by atoms with Gasteiger partial charge in [0, 0.05) is 10.9 Å². The summed E-state index contributed by atoms with van der Waals surface area (Å²) in [6.45, 7) is -0.432. The quantitative estimate of drug-likeness (QED) is 0.443. The van der Waals surface area contributed by atoms with E-state index < -0.39 is 28.6 Å². The molecule has 8 heteroatoms. The molecule has 1 aliphatic carbocycles. The first-order valence-electron chi connectivity index (χ1n) is 10.6. The number of sulfonamides is 1. The first-order valence-corrected chi connectivity index (χ1v) is 13.3. The van der Waals surface area contributed by atoms with Crippen LogP contribution < -0.4 is 9.46 Å². The number of carboxylic acid groups (broad SMARTS) is 1. The van der Waals surface area contributed by atoms with Crippen molar-refractivity contribution in [3.8, 4) is 16.9 Å². The molecule has 2 N–H and O–H groups in total. The van der Waals surface area contributed by atoms with Crippen molar-refractivity contribution in [3.05, 3.63) is 77.9 Å². The highest BCUT2D eigenvalue weighted by Gasteiger charge is 2.27. The van der Waals surface area contributed by atoms with E-state index in [2.05, 4.69) is 10.8 Å². The lowest BCUT2D eigenvalue weighted by atomic mass is 9.87. The number of hydrogen-bond donors (Lipinski definition) is 2. The molecule has 3 aromatic rings. The fraction of sp³-hybridized carbons (Fsp3) is 0.240. The number of benzene rings is 3. The smallest absolute Gasteiger partial charge is 0.341 e. The van der Waals surface area contributed by atoms with E-state index in [-0.39, 0.29) is 4.90 Å². The molecule has 4 rings (SSSR count). The Balaban J connectivity index is 1.55. The maximum atomic E-state index is 13.1. The predicted octanol–water partition coefficient (Wildman–Crippen LogP) is 4.89. The van der Waals surface area contributed by atoms with Gasteiger partial charge in [-0.1, -0.05) is 36.4 Å². The Morgan fingerprint density at radius 2 is 1.85 bits per heavy atom. The molecule has 0 aliphatic heterocycles. The summed E-state index contributed by atoms with van der Waals surface area (Å²) in [6.07, 6.45) is 4.17. The van der Waals surface area contributed by atoms with Crippen molar-refractivity contribution < 1.29 is 23.1 Å². The summed E-state index contributed by atoms with van der Waals surface area (Å²) in [5.74, 6) is -0.556. The standard InChI is InChI=1S/C25H25NO5S2/c1-32-19-6-2-5-18(15-19)17-11-13-20(14-12-17)33(29,30)26-23-9-3-8-22-21(23)7-4-10-24(22)31-16-25(27)28/h2,4-7,10-15,23,26H,3,8-9,16H2,1H3,(H,27,28)/t23-/m1/s1. The zero-order valence-electron chi connectivity index (χ0n) is 18.2. The highest BCUT2D eigenvalue weighted by molar-refractivity contribution is 7.98. The van der Waals surface area contributed by atoms with Gasteiger partial charge in [0.2, 0.25) is 10.0 Å². The number of ether oxygens (including phenoxy) is 1. The maximum absolute atomic E-state index is 13.1. The summed E-state index contributed by atoms with van der Waals surface area (Å²) < 4.78 is 34.5. The SMILES string of the molecule is CSc1cccc(-c2ccc(S(=O)(=O)N[C@@H]3CCCc4c(OCC(=O)O)cccc43)cc2)c1. The van der Waals surface area contributed by atoms with E-state index in [1.165, 1.54) is 0 Å². The largest absolute Gasteiger partial charge is 0.482 e. The number of fused-ring (bicyclic) bond motifs is 1. The minimum Gasteiger partial charge on any atom is -0.482 e. The van der Waals surface area contributed by atoms with Crippen LogP contribution in [0.15, 0.2) is 76.5 Å². The molecule has 0 amide bonds. The molecule has 0 spiro atoms. The first kappa shape index (κ1) is 23.4. The molecule has 0 unspecified atom stereocenters. The van der Waals surface area contributed by atoms with Gasteiger partial charge in [0.1, 0.15) is 5.75 Å². The average molecular weight is 484 g/mol. The third-order valence-corrected chi connectivity index (χ3v) is 7.89. The van der Waals surface area contributed by atoms with Crippen LogP contribution >= 0.6 is 11.8 Å². The van der Waals surface area contributed by atoms with E-state index in [1.54, 1.807) is 36.0 Å². The topological polar surface area (TPSA) is 92.7 Å². The summed E-state index contributed by atoms with van der Waals surface area (Å²) >= 11 is 1.66. The number of thioether (sulfide) groups is 1. The monoisotopic (exact) mass is 483 g/mol. The molecule has 0 saturated carbocycles. The van der Waals surface area contributed by atoms with Gasteiger partial charge in [-0.15, -0.1) is 11.8 Å². The summed E-state index contributed by atoms with van der Waals surface area (Å²) in [6, 6.07) is 20.0. The van der Waals surface area contributed by atoms with E-state index >= 15 is 0 Å². The van der Waals surface area contributed by atoms with Gasteiger partial charge in [0.15, 0.2) is 6.61 Å². The molecule has 0 fully saturated rings. The molecule has 0 aromatic heterocycles. The maximum Gasteiger partial charge on any atom is 0.341 e. The van der Waals surface area contributed by atoms with Gasteiger partial charge >= 0.3 is 5.97 Å². The molecule has 6 nitrogen and oxygen atoms in total. The lowest BCUT2D eigenvalue weighted by Crippen LogP contribution is -2.31. The normalized spacial score (nSPS) is 15.6. The molecule has 3 aromatic carbocycles. The van der Waals surface area contributed by atoms with Crippen molar-refractivity contribution in [2.45, 2.75) is 35.1 Å². The van der Waals surface area contributed by atoms with Crippen LogP contribution in [0.4, 0.5) is 0 Å². The van der Waals surface area contributed by atoms with Crippen molar-refractivity contribution in [3.63, 3.8) is 0 Å². The molecule has 33 heavy (non-hydrogen) atoms. The summed E-state index contributed by atoms with van der Waals surface area (Å²) in [7, 11) is -3.74. The second kappa shape index (κ2) is 9.99. The molecule has 172 valence electrons.